The van der Waals surface area contributed by atoms with Gasteiger partial charge in [0.2, 0.25) is 5.91 Å². The van der Waals surface area contributed by atoms with Crippen molar-refractivity contribution in [2.45, 2.75) is 20.4 Å². The summed E-state index contributed by atoms with van der Waals surface area (Å²) in [5.74, 6) is -0.661. The second-order valence-corrected chi connectivity index (χ2v) is 6.72. The first kappa shape index (κ1) is 17.4. The van der Waals surface area contributed by atoms with E-state index in [1.165, 1.54) is 0 Å². The molecule has 0 atom stereocenters. The predicted molar refractivity (Wildman–Crippen MR) is 98.4 cm³/mol. The fourth-order valence-corrected chi connectivity index (χ4v) is 3.58. The van der Waals surface area contributed by atoms with Crippen LogP contribution in [0, 0.1) is 6.92 Å². The molecular weight excluding hydrogens is 362 g/mol. The molecule has 0 aliphatic carbocycles. The van der Waals surface area contributed by atoms with Crippen LogP contribution in [-0.2, 0) is 16.1 Å². The van der Waals surface area contributed by atoms with Crippen molar-refractivity contribution in [2.75, 3.05) is 11.9 Å². The average Bonchev–Trinajstić information content (AvgIpc) is 3.12. The fraction of sp³-hybridized carbons (Fsp3) is 0.235. The summed E-state index contributed by atoms with van der Waals surface area (Å²) < 4.78 is 6.78. The van der Waals surface area contributed by atoms with Gasteiger partial charge in [0.1, 0.15) is 11.4 Å². The fourth-order valence-electron chi connectivity index (χ4n) is 2.47. The Morgan fingerprint density at radius 1 is 1.36 bits per heavy atom. The number of ether oxygens (including phenoxy) is 1. The van der Waals surface area contributed by atoms with Crippen LogP contribution < -0.4 is 5.32 Å². The summed E-state index contributed by atoms with van der Waals surface area (Å²) in [5, 5.41) is 4.64. The molecule has 25 heavy (non-hydrogen) atoms. The molecule has 0 fully saturated rings. The lowest BCUT2D eigenvalue weighted by molar-refractivity contribution is -0.116. The summed E-state index contributed by atoms with van der Waals surface area (Å²) in [5.41, 5.74) is 1.42. The number of rotatable bonds is 5. The van der Waals surface area contributed by atoms with Crippen LogP contribution in [-0.4, -0.2) is 28.0 Å². The number of hydrogen-bond acceptors (Lipinski definition) is 5. The molecule has 0 aliphatic rings. The van der Waals surface area contributed by atoms with E-state index in [4.69, 9.17) is 16.3 Å². The highest BCUT2D eigenvalue weighted by atomic mass is 35.5. The Hall–Kier alpha value is -2.38. The highest BCUT2D eigenvalue weighted by Gasteiger charge is 2.17. The van der Waals surface area contributed by atoms with E-state index in [1.54, 1.807) is 13.8 Å². The zero-order valence-electron chi connectivity index (χ0n) is 13.7. The molecule has 0 radical (unpaired) electrons. The van der Waals surface area contributed by atoms with E-state index in [0.29, 0.717) is 27.3 Å². The number of nitrogens with zero attached hydrogens (tertiary/aromatic N) is 2. The van der Waals surface area contributed by atoms with Gasteiger partial charge in [-0.05, 0) is 32.0 Å². The average molecular weight is 378 g/mol. The lowest BCUT2D eigenvalue weighted by Gasteiger charge is -2.05. The van der Waals surface area contributed by atoms with Gasteiger partial charge in [0.05, 0.1) is 12.3 Å². The first-order chi connectivity index (χ1) is 12.0. The number of benzene rings is 1. The quantitative estimate of drug-likeness (QED) is 0.685. The molecule has 2 heterocycles. The number of aryl methyl sites for hydroxylation is 1. The van der Waals surface area contributed by atoms with Gasteiger partial charge >= 0.3 is 5.97 Å². The number of thiazole rings is 1. The number of nitrogens with one attached hydrogen (secondary N) is 1. The molecule has 3 rings (SSSR count). The first-order valence-corrected chi connectivity index (χ1v) is 8.86. The van der Waals surface area contributed by atoms with Gasteiger partial charge in [-0.1, -0.05) is 29.0 Å². The Morgan fingerprint density at radius 3 is 2.92 bits per heavy atom. The van der Waals surface area contributed by atoms with E-state index >= 15 is 0 Å². The van der Waals surface area contributed by atoms with Crippen molar-refractivity contribution in [2.24, 2.45) is 0 Å². The van der Waals surface area contributed by atoms with Crippen LogP contribution in [0.2, 0.25) is 5.02 Å². The summed E-state index contributed by atoms with van der Waals surface area (Å²) in [6, 6.07) is 7.43. The minimum Gasteiger partial charge on any atom is -0.462 e. The predicted octanol–water partition coefficient (Wildman–Crippen LogP) is 3.88. The molecule has 0 bridgehead atoms. The molecule has 6 nitrogen and oxygen atoms in total. The SMILES string of the molecule is CCOC(=O)c1sc(NC(=O)Cn2ccc3c(Cl)cccc32)nc1C. The summed E-state index contributed by atoms with van der Waals surface area (Å²) >= 11 is 7.25. The third-order valence-corrected chi connectivity index (χ3v) is 4.96. The molecule has 130 valence electrons. The zero-order chi connectivity index (χ0) is 18.0. The lowest BCUT2D eigenvalue weighted by Crippen LogP contribution is -2.18. The summed E-state index contributed by atoms with van der Waals surface area (Å²) in [6.07, 6.45) is 1.81. The molecule has 0 saturated heterocycles. The molecule has 0 saturated carbocycles. The molecular formula is C17H16ClN3O3S. The van der Waals surface area contributed by atoms with Crippen LogP contribution in [0.25, 0.3) is 10.9 Å². The maximum absolute atomic E-state index is 12.3. The van der Waals surface area contributed by atoms with Crippen LogP contribution in [0.5, 0.6) is 0 Å². The van der Waals surface area contributed by atoms with Crippen LogP contribution in [0.15, 0.2) is 30.5 Å². The minimum absolute atomic E-state index is 0.122. The van der Waals surface area contributed by atoms with Crippen molar-refractivity contribution in [1.82, 2.24) is 9.55 Å². The van der Waals surface area contributed by atoms with E-state index in [1.807, 2.05) is 35.0 Å². The number of fused-ring (bicyclic) bond motifs is 1. The highest BCUT2D eigenvalue weighted by molar-refractivity contribution is 7.17. The third-order valence-electron chi connectivity index (χ3n) is 3.58. The molecule has 1 aromatic carbocycles. The van der Waals surface area contributed by atoms with Gasteiger partial charge in [0.25, 0.3) is 0 Å². The molecule has 1 N–H and O–H groups in total. The zero-order valence-corrected chi connectivity index (χ0v) is 15.3. The van der Waals surface area contributed by atoms with E-state index in [-0.39, 0.29) is 12.5 Å². The monoisotopic (exact) mass is 377 g/mol. The second kappa shape index (κ2) is 7.25. The molecule has 8 heteroatoms. The number of halogens is 1. The van der Waals surface area contributed by atoms with E-state index in [2.05, 4.69) is 10.3 Å². The molecule has 1 amide bonds. The highest BCUT2D eigenvalue weighted by Crippen LogP contribution is 2.25. The number of esters is 1. The van der Waals surface area contributed by atoms with Gasteiger partial charge in [0.15, 0.2) is 5.13 Å². The Morgan fingerprint density at radius 2 is 2.16 bits per heavy atom. The Balaban J connectivity index is 1.73. The third kappa shape index (κ3) is 3.67. The van der Waals surface area contributed by atoms with Crippen LogP contribution >= 0.6 is 22.9 Å². The minimum atomic E-state index is -0.427. The molecule has 0 unspecified atom stereocenters. The summed E-state index contributed by atoms with van der Waals surface area (Å²) in [7, 11) is 0. The van der Waals surface area contributed by atoms with E-state index in [0.717, 1.165) is 22.2 Å². The van der Waals surface area contributed by atoms with Gasteiger partial charge in [0, 0.05) is 22.1 Å². The van der Waals surface area contributed by atoms with E-state index < -0.39 is 5.97 Å². The van der Waals surface area contributed by atoms with Gasteiger partial charge in [-0.3, -0.25) is 4.79 Å². The normalized spacial score (nSPS) is 10.8. The number of amides is 1. The Kier molecular flexibility index (Phi) is 5.06. The number of carbonyl (C=O) groups excluding carboxylic acids is 2. The Bertz CT molecular complexity index is 948. The van der Waals surface area contributed by atoms with Gasteiger partial charge in [-0.2, -0.15) is 0 Å². The topological polar surface area (TPSA) is 73.2 Å². The number of carbonyl (C=O) groups is 2. The van der Waals surface area contributed by atoms with E-state index in [9.17, 15) is 9.59 Å². The van der Waals surface area contributed by atoms with Crippen molar-refractivity contribution in [1.29, 1.82) is 0 Å². The van der Waals surface area contributed by atoms with Crippen molar-refractivity contribution in [3.05, 3.63) is 46.1 Å². The summed E-state index contributed by atoms with van der Waals surface area (Å²) in [4.78, 5) is 28.7. The van der Waals surface area contributed by atoms with Gasteiger partial charge < -0.3 is 14.6 Å². The first-order valence-electron chi connectivity index (χ1n) is 7.67. The molecule has 0 spiro atoms. The molecule has 3 aromatic rings. The van der Waals surface area contributed by atoms with Crippen LogP contribution in [0.4, 0.5) is 5.13 Å². The van der Waals surface area contributed by atoms with Crippen LogP contribution in [0.1, 0.15) is 22.3 Å². The number of hydrogen-bond donors (Lipinski definition) is 1. The maximum Gasteiger partial charge on any atom is 0.350 e. The number of aromatic nitrogens is 2. The van der Waals surface area contributed by atoms with Crippen molar-refractivity contribution < 1.29 is 14.3 Å². The molecule has 0 aliphatic heterocycles. The van der Waals surface area contributed by atoms with Crippen molar-refractivity contribution in [3.8, 4) is 0 Å². The maximum atomic E-state index is 12.3. The summed E-state index contributed by atoms with van der Waals surface area (Å²) in [6.45, 7) is 3.86. The van der Waals surface area contributed by atoms with Gasteiger partial charge in [-0.25, -0.2) is 9.78 Å². The number of anilines is 1. The van der Waals surface area contributed by atoms with Crippen molar-refractivity contribution >= 4 is 50.8 Å². The van der Waals surface area contributed by atoms with Gasteiger partial charge in [-0.15, -0.1) is 0 Å². The standard InChI is InChI=1S/C17H16ClN3O3S/c1-3-24-16(23)15-10(2)19-17(25-15)20-14(22)9-21-8-7-11-12(18)5-4-6-13(11)21/h4-8H,3,9H2,1-2H3,(H,19,20,22). The largest absolute Gasteiger partial charge is 0.462 e. The van der Waals surface area contributed by atoms with Crippen molar-refractivity contribution in [3.63, 3.8) is 0 Å². The van der Waals surface area contributed by atoms with Crippen LogP contribution in [0.3, 0.4) is 0 Å². The molecule has 2 aromatic heterocycles. The smallest absolute Gasteiger partial charge is 0.350 e. The lowest BCUT2D eigenvalue weighted by atomic mass is 10.2. The Labute approximate surface area is 153 Å². The second-order valence-electron chi connectivity index (χ2n) is 5.32.